The van der Waals surface area contributed by atoms with Gasteiger partial charge < -0.3 is 15.4 Å². The molecule has 0 aliphatic rings. The number of hydrogen-bond donors (Lipinski definition) is 2. The lowest BCUT2D eigenvalue weighted by Gasteiger charge is -2.07. The number of methoxy groups -OCH3 is 1. The molecule has 1 amide bonds. The summed E-state index contributed by atoms with van der Waals surface area (Å²) in [7, 11) is 1.59. The van der Waals surface area contributed by atoms with Gasteiger partial charge in [0.2, 0.25) is 5.95 Å². The van der Waals surface area contributed by atoms with E-state index in [1.165, 1.54) is 5.56 Å². The van der Waals surface area contributed by atoms with Gasteiger partial charge in [-0.1, -0.05) is 30.3 Å². The third kappa shape index (κ3) is 5.14. The zero-order valence-corrected chi connectivity index (χ0v) is 12.6. The molecule has 2 rings (SSSR count). The summed E-state index contributed by atoms with van der Waals surface area (Å²) in [5.74, 6) is 0.223. The van der Waals surface area contributed by atoms with Crippen LogP contribution in [0.25, 0.3) is 0 Å². The quantitative estimate of drug-likeness (QED) is 0.723. The molecule has 6 heteroatoms. The van der Waals surface area contributed by atoms with Crippen molar-refractivity contribution in [3.63, 3.8) is 0 Å². The lowest BCUT2D eigenvalue weighted by molar-refractivity contribution is 0.0932. The first-order valence-electron chi connectivity index (χ1n) is 7.17. The molecule has 116 valence electrons. The van der Waals surface area contributed by atoms with Crippen LogP contribution in [-0.2, 0) is 11.2 Å². The second-order valence-electron chi connectivity index (χ2n) is 4.68. The zero-order chi connectivity index (χ0) is 15.6. The van der Waals surface area contributed by atoms with Gasteiger partial charge in [0, 0.05) is 26.4 Å². The standard InChI is InChI=1S/C16H20N4O2/c1-22-12-11-17-15(21)14-8-10-19-16(20-14)18-9-7-13-5-3-2-4-6-13/h2-6,8,10H,7,9,11-12H2,1H3,(H,17,21)(H,18,19,20). The largest absolute Gasteiger partial charge is 0.383 e. The second kappa shape index (κ2) is 8.74. The minimum atomic E-state index is -0.231. The number of rotatable bonds is 8. The van der Waals surface area contributed by atoms with Gasteiger partial charge in [0.25, 0.3) is 5.91 Å². The fraction of sp³-hybridized carbons (Fsp3) is 0.312. The number of nitrogens with zero attached hydrogens (tertiary/aromatic N) is 2. The van der Waals surface area contributed by atoms with Gasteiger partial charge in [-0.25, -0.2) is 9.97 Å². The van der Waals surface area contributed by atoms with Crippen molar-refractivity contribution in [1.29, 1.82) is 0 Å². The zero-order valence-electron chi connectivity index (χ0n) is 12.6. The van der Waals surface area contributed by atoms with Gasteiger partial charge in [-0.05, 0) is 18.1 Å². The Morgan fingerprint density at radius 2 is 2.00 bits per heavy atom. The Kier molecular flexibility index (Phi) is 6.32. The highest BCUT2D eigenvalue weighted by Gasteiger charge is 2.07. The van der Waals surface area contributed by atoms with Gasteiger partial charge >= 0.3 is 0 Å². The van der Waals surface area contributed by atoms with Crippen LogP contribution >= 0.6 is 0 Å². The van der Waals surface area contributed by atoms with Crippen LogP contribution in [0.5, 0.6) is 0 Å². The molecule has 0 aliphatic heterocycles. The van der Waals surface area contributed by atoms with E-state index < -0.39 is 0 Å². The monoisotopic (exact) mass is 300 g/mol. The van der Waals surface area contributed by atoms with Crippen molar-refractivity contribution in [2.75, 3.05) is 32.1 Å². The molecule has 22 heavy (non-hydrogen) atoms. The SMILES string of the molecule is COCCNC(=O)c1ccnc(NCCc2ccccc2)n1. The Hall–Kier alpha value is -2.47. The summed E-state index contributed by atoms with van der Waals surface area (Å²) in [5, 5.41) is 5.86. The van der Waals surface area contributed by atoms with Gasteiger partial charge in [-0.3, -0.25) is 4.79 Å². The molecular formula is C16H20N4O2. The van der Waals surface area contributed by atoms with E-state index in [-0.39, 0.29) is 5.91 Å². The van der Waals surface area contributed by atoms with Gasteiger partial charge in [-0.15, -0.1) is 0 Å². The minimum absolute atomic E-state index is 0.231. The van der Waals surface area contributed by atoms with Gasteiger partial charge in [0.1, 0.15) is 5.69 Å². The van der Waals surface area contributed by atoms with Crippen LogP contribution in [0.2, 0.25) is 0 Å². The third-order valence-electron chi connectivity index (χ3n) is 3.02. The lowest BCUT2D eigenvalue weighted by Crippen LogP contribution is -2.28. The molecule has 2 N–H and O–H groups in total. The predicted octanol–water partition coefficient (Wildman–Crippen LogP) is 1.51. The first-order valence-corrected chi connectivity index (χ1v) is 7.17. The smallest absolute Gasteiger partial charge is 0.270 e. The number of amides is 1. The van der Waals surface area contributed by atoms with E-state index in [2.05, 4.69) is 32.7 Å². The molecule has 1 aromatic carbocycles. The Balaban J connectivity index is 1.84. The maximum atomic E-state index is 11.9. The summed E-state index contributed by atoms with van der Waals surface area (Å²) in [6, 6.07) is 11.7. The molecule has 0 spiro atoms. The highest BCUT2D eigenvalue weighted by atomic mass is 16.5. The summed E-state index contributed by atoms with van der Waals surface area (Å²) in [5.41, 5.74) is 1.58. The molecule has 0 radical (unpaired) electrons. The summed E-state index contributed by atoms with van der Waals surface area (Å²) in [6.07, 6.45) is 2.44. The van der Waals surface area contributed by atoms with Crippen molar-refractivity contribution in [3.05, 3.63) is 53.9 Å². The second-order valence-corrected chi connectivity index (χ2v) is 4.68. The molecule has 0 aliphatic carbocycles. The molecule has 0 unspecified atom stereocenters. The molecule has 6 nitrogen and oxygen atoms in total. The molecule has 2 aromatic rings. The Morgan fingerprint density at radius 1 is 1.18 bits per heavy atom. The maximum absolute atomic E-state index is 11.9. The molecule has 1 aromatic heterocycles. The van der Waals surface area contributed by atoms with E-state index in [1.54, 1.807) is 19.4 Å². The van der Waals surface area contributed by atoms with Crippen LogP contribution in [0.1, 0.15) is 16.1 Å². The third-order valence-corrected chi connectivity index (χ3v) is 3.02. The van der Waals surface area contributed by atoms with Crippen LogP contribution in [-0.4, -0.2) is 42.7 Å². The minimum Gasteiger partial charge on any atom is -0.383 e. The van der Waals surface area contributed by atoms with Crippen LogP contribution in [0.3, 0.4) is 0 Å². The molecule has 0 bridgehead atoms. The highest BCUT2D eigenvalue weighted by molar-refractivity contribution is 5.92. The Bertz CT molecular complexity index is 590. The maximum Gasteiger partial charge on any atom is 0.270 e. The molecule has 0 fully saturated rings. The summed E-state index contributed by atoms with van der Waals surface area (Å²) in [6.45, 7) is 1.63. The number of aromatic nitrogens is 2. The van der Waals surface area contributed by atoms with Crippen LogP contribution in [0.15, 0.2) is 42.6 Å². The summed E-state index contributed by atoms with van der Waals surface area (Å²) < 4.78 is 4.89. The average molecular weight is 300 g/mol. The number of hydrogen-bond acceptors (Lipinski definition) is 5. The first-order chi connectivity index (χ1) is 10.8. The molecule has 1 heterocycles. The van der Waals surface area contributed by atoms with Gasteiger partial charge in [0.15, 0.2) is 0 Å². The summed E-state index contributed by atoms with van der Waals surface area (Å²) in [4.78, 5) is 20.2. The van der Waals surface area contributed by atoms with Crippen molar-refractivity contribution >= 4 is 11.9 Å². The fourth-order valence-corrected chi connectivity index (χ4v) is 1.89. The van der Waals surface area contributed by atoms with Crippen molar-refractivity contribution < 1.29 is 9.53 Å². The number of carbonyl (C=O) groups excluding carboxylic acids is 1. The summed E-state index contributed by atoms with van der Waals surface area (Å²) >= 11 is 0. The number of benzene rings is 1. The number of carbonyl (C=O) groups is 1. The Labute approximate surface area is 129 Å². The van der Waals surface area contributed by atoms with E-state index in [9.17, 15) is 4.79 Å². The van der Waals surface area contributed by atoms with Crippen molar-refractivity contribution in [2.45, 2.75) is 6.42 Å². The van der Waals surface area contributed by atoms with Crippen molar-refractivity contribution in [1.82, 2.24) is 15.3 Å². The van der Waals surface area contributed by atoms with Crippen molar-refractivity contribution in [3.8, 4) is 0 Å². The predicted molar refractivity (Wildman–Crippen MR) is 84.9 cm³/mol. The number of anilines is 1. The van der Waals surface area contributed by atoms with E-state index >= 15 is 0 Å². The fourth-order valence-electron chi connectivity index (χ4n) is 1.89. The van der Waals surface area contributed by atoms with Crippen LogP contribution < -0.4 is 10.6 Å². The van der Waals surface area contributed by atoms with Gasteiger partial charge in [-0.2, -0.15) is 0 Å². The topological polar surface area (TPSA) is 76.1 Å². The van der Waals surface area contributed by atoms with E-state index in [1.807, 2.05) is 18.2 Å². The molecule has 0 saturated heterocycles. The van der Waals surface area contributed by atoms with E-state index in [0.717, 1.165) is 6.42 Å². The molecular weight excluding hydrogens is 280 g/mol. The highest BCUT2D eigenvalue weighted by Crippen LogP contribution is 2.03. The number of ether oxygens (including phenoxy) is 1. The average Bonchev–Trinajstić information content (AvgIpc) is 2.56. The van der Waals surface area contributed by atoms with Crippen molar-refractivity contribution in [2.24, 2.45) is 0 Å². The molecule has 0 atom stereocenters. The van der Waals surface area contributed by atoms with E-state index in [0.29, 0.717) is 31.3 Å². The van der Waals surface area contributed by atoms with Crippen LogP contribution in [0, 0.1) is 0 Å². The van der Waals surface area contributed by atoms with E-state index in [4.69, 9.17) is 4.74 Å². The Morgan fingerprint density at radius 3 is 2.77 bits per heavy atom. The van der Waals surface area contributed by atoms with Gasteiger partial charge in [0.05, 0.1) is 6.61 Å². The normalized spacial score (nSPS) is 10.2. The molecule has 0 saturated carbocycles. The number of nitrogens with one attached hydrogen (secondary N) is 2. The lowest BCUT2D eigenvalue weighted by atomic mass is 10.1. The van der Waals surface area contributed by atoms with Crippen LogP contribution in [0.4, 0.5) is 5.95 Å². The first kappa shape index (κ1) is 15.9.